The molecule has 0 spiro atoms. The Morgan fingerprint density at radius 1 is 1.50 bits per heavy atom. The standard InChI is InChI=1S/C13H16BrN3S/c1-8-5-12(10(14)6-11(8)15)17-7-9(2)13-16-3-4-18-13/h3-6,9,17H,7,15H2,1-2H3. The summed E-state index contributed by atoms with van der Waals surface area (Å²) in [7, 11) is 0. The van der Waals surface area contributed by atoms with Gasteiger partial charge in [-0.2, -0.15) is 0 Å². The highest BCUT2D eigenvalue weighted by Gasteiger charge is 2.09. The van der Waals surface area contributed by atoms with Crippen molar-refractivity contribution < 1.29 is 0 Å². The van der Waals surface area contributed by atoms with Gasteiger partial charge in [0, 0.05) is 39.9 Å². The second kappa shape index (κ2) is 5.71. The third-order valence-electron chi connectivity index (χ3n) is 2.83. The van der Waals surface area contributed by atoms with Gasteiger partial charge in [0.05, 0.1) is 5.01 Å². The van der Waals surface area contributed by atoms with Crippen LogP contribution in [-0.4, -0.2) is 11.5 Å². The SMILES string of the molecule is Cc1cc(NCC(C)c2nccs2)c(Br)cc1N. The molecule has 0 saturated carbocycles. The number of nitrogens with two attached hydrogens (primary N) is 1. The van der Waals surface area contributed by atoms with E-state index in [0.29, 0.717) is 5.92 Å². The quantitative estimate of drug-likeness (QED) is 0.835. The molecule has 0 radical (unpaired) electrons. The zero-order valence-corrected chi connectivity index (χ0v) is 12.8. The van der Waals surface area contributed by atoms with E-state index in [4.69, 9.17) is 5.73 Å². The fourth-order valence-electron chi connectivity index (χ4n) is 1.66. The minimum absolute atomic E-state index is 0.398. The molecule has 1 heterocycles. The number of aryl methyl sites for hydroxylation is 1. The summed E-state index contributed by atoms with van der Waals surface area (Å²) >= 11 is 5.22. The molecule has 96 valence electrons. The van der Waals surface area contributed by atoms with Gasteiger partial charge in [-0.15, -0.1) is 11.3 Å². The van der Waals surface area contributed by atoms with Gasteiger partial charge in [0.1, 0.15) is 0 Å². The van der Waals surface area contributed by atoms with Crippen molar-refractivity contribution in [3.8, 4) is 0 Å². The van der Waals surface area contributed by atoms with Crippen molar-refractivity contribution in [2.45, 2.75) is 19.8 Å². The maximum absolute atomic E-state index is 5.86. The molecule has 0 saturated heterocycles. The van der Waals surface area contributed by atoms with Crippen molar-refractivity contribution >= 4 is 38.6 Å². The lowest BCUT2D eigenvalue weighted by atomic mass is 10.1. The Labute approximate surface area is 120 Å². The van der Waals surface area contributed by atoms with Crippen LogP contribution < -0.4 is 11.1 Å². The molecule has 0 fully saturated rings. The monoisotopic (exact) mass is 325 g/mol. The van der Waals surface area contributed by atoms with Crippen LogP contribution in [0.2, 0.25) is 0 Å². The Morgan fingerprint density at radius 3 is 2.94 bits per heavy atom. The van der Waals surface area contributed by atoms with Gasteiger partial charge in [0.25, 0.3) is 0 Å². The van der Waals surface area contributed by atoms with E-state index in [1.165, 1.54) is 0 Å². The van der Waals surface area contributed by atoms with Gasteiger partial charge in [-0.05, 0) is 40.5 Å². The predicted molar refractivity (Wildman–Crippen MR) is 82.3 cm³/mol. The molecule has 1 aromatic heterocycles. The molecule has 5 heteroatoms. The van der Waals surface area contributed by atoms with Gasteiger partial charge >= 0.3 is 0 Å². The van der Waals surface area contributed by atoms with Crippen molar-refractivity contribution in [2.75, 3.05) is 17.6 Å². The molecule has 1 unspecified atom stereocenters. The molecule has 0 aliphatic carbocycles. The fraction of sp³-hybridized carbons (Fsp3) is 0.308. The van der Waals surface area contributed by atoms with E-state index in [0.717, 1.165) is 33.0 Å². The number of aromatic nitrogens is 1. The molecule has 0 bridgehead atoms. The Morgan fingerprint density at radius 2 is 2.28 bits per heavy atom. The summed E-state index contributed by atoms with van der Waals surface area (Å²) in [6.45, 7) is 5.04. The molecule has 1 aromatic carbocycles. The molecule has 3 nitrogen and oxygen atoms in total. The van der Waals surface area contributed by atoms with Crippen LogP contribution in [0.3, 0.4) is 0 Å². The number of nitrogen functional groups attached to an aromatic ring is 1. The van der Waals surface area contributed by atoms with E-state index in [1.54, 1.807) is 11.3 Å². The number of benzene rings is 1. The number of hydrogen-bond donors (Lipinski definition) is 2. The van der Waals surface area contributed by atoms with Crippen LogP contribution in [-0.2, 0) is 0 Å². The van der Waals surface area contributed by atoms with Crippen LogP contribution in [0, 0.1) is 6.92 Å². The summed E-state index contributed by atoms with van der Waals surface area (Å²) in [5.74, 6) is 0.398. The van der Waals surface area contributed by atoms with Gasteiger partial charge in [-0.1, -0.05) is 6.92 Å². The van der Waals surface area contributed by atoms with Gasteiger partial charge < -0.3 is 11.1 Å². The second-order valence-corrected chi connectivity index (χ2v) is 6.12. The van der Waals surface area contributed by atoms with Crippen molar-refractivity contribution in [2.24, 2.45) is 0 Å². The number of nitrogens with zero attached hydrogens (tertiary/aromatic N) is 1. The van der Waals surface area contributed by atoms with Crippen molar-refractivity contribution in [1.29, 1.82) is 0 Å². The molecule has 3 N–H and O–H groups in total. The zero-order chi connectivity index (χ0) is 13.1. The smallest absolute Gasteiger partial charge is 0.0970 e. The third kappa shape index (κ3) is 3.03. The molecule has 0 aliphatic rings. The first-order chi connectivity index (χ1) is 8.58. The van der Waals surface area contributed by atoms with E-state index in [-0.39, 0.29) is 0 Å². The number of hydrogen-bond acceptors (Lipinski definition) is 4. The first kappa shape index (κ1) is 13.4. The highest BCUT2D eigenvalue weighted by molar-refractivity contribution is 9.10. The molecule has 0 aliphatic heterocycles. The summed E-state index contributed by atoms with van der Waals surface area (Å²) in [5, 5.41) is 6.60. The number of thiazole rings is 1. The van der Waals surface area contributed by atoms with Crippen LogP contribution in [0.15, 0.2) is 28.2 Å². The molecule has 18 heavy (non-hydrogen) atoms. The number of halogens is 1. The summed E-state index contributed by atoms with van der Waals surface area (Å²) < 4.78 is 0.997. The molecule has 2 rings (SSSR count). The van der Waals surface area contributed by atoms with Crippen LogP contribution in [0.4, 0.5) is 11.4 Å². The van der Waals surface area contributed by atoms with Gasteiger partial charge in [0.2, 0.25) is 0 Å². The minimum Gasteiger partial charge on any atom is -0.398 e. The molecule has 0 amide bonds. The molecular formula is C13H16BrN3S. The zero-order valence-electron chi connectivity index (χ0n) is 10.4. The lowest BCUT2D eigenvalue weighted by Crippen LogP contribution is -2.10. The van der Waals surface area contributed by atoms with Crippen molar-refractivity contribution in [3.63, 3.8) is 0 Å². The number of nitrogens with one attached hydrogen (secondary N) is 1. The van der Waals surface area contributed by atoms with Crippen molar-refractivity contribution in [1.82, 2.24) is 4.98 Å². The summed E-state index contributed by atoms with van der Waals surface area (Å²) in [5.41, 5.74) is 8.82. The number of rotatable bonds is 4. The highest BCUT2D eigenvalue weighted by atomic mass is 79.9. The average molecular weight is 326 g/mol. The highest BCUT2D eigenvalue weighted by Crippen LogP contribution is 2.28. The Kier molecular flexibility index (Phi) is 4.24. The summed E-state index contributed by atoms with van der Waals surface area (Å²) in [6, 6.07) is 4.00. The Hall–Kier alpha value is -1.07. The maximum atomic E-state index is 5.86. The lowest BCUT2D eigenvalue weighted by molar-refractivity contribution is 0.794. The van der Waals surface area contributed by atoms with Crippen molar-refractivity contribution in [3.05, 3.63) is 38.8 Å². The van der Waals surface area contributed by atoms with Crippen LogP contribution >= 0.6 is 27.3 Å². The summed E-state index contributed by atoms with van der Waals surface area (Å²) in [6.07, 6.45) is 1.85. The minimum atomic E-state index is 0.398. The van der Waals surface area contributed by atoms with E-state index in [9.17, 15) is 0 Å². The topological polar surface area (TPSA) is 50.9 Å². The second-order valence-electron chi connectivity index (χ2n) is 4.34. The van der Waals surface area contributed by atoms with E-state index in [2.05, 4.69) is 39.2 Å². The van der Waals surface area contributed by atoms with Gasteiger partial charge in [0.15, 0.2) is 0 Å². The van der Waals surface area contributed by atoms with E-state index < -0.39 is 0 Å². The van der Waals surface area contributed by atoms with Crippen LogP contribution in [0.1, 0.15) is 23.4 Å². The van der Waals surface area contributed by atoms with Gasteiger partial charge in [-0.3, -0.25) is 0 Å². The van der Waals surface area contributed by atoms with E-state index in [1.807, 2.05) is 24.6 Å². The molecular weight excluding hydrogens is 310 g/mol. The number of anilines is 2. The van der Waals surface area contributed by atoms with Crippen LogP contribution in [0.25, 0.3) is 0 Å². The summed E-state index contributed by atoms with van der Waals surface area (Å²) in [4.78, 5) is 4.33. The maximum Gasteiger partial charge on any atom is 0.0970 e. The molecule has 2 aromatic rings. The molecule has 1 atom stereocenters. The normalized spacial score (nSPS) is 12.4. The lowest BCUT2D eigenvalue weighted by Gasteiger charge is -2.14. The first-order valence-corrected chi connectivity index (χ1v) is 7.44. The average Bonchev–Trinajstić information content (AvgIpc) is 2.85. The fourth-order valence-corrected chi connectivity index (χ4v) is 2.86. The first-order valence-electron chi connectivity index (χ1n) is 5.77. The predicted octanol–water partition coefficient (Wildman–Crippen LogP) is 4.01. The van der Waals surface area contributed by atoms with Gasteiger partial charge in [-0.25, -0.2) is 4.98 Å². The third-order valence-corrected chi connectivity index (χ3v) is 4.49. The van der Waals surface area contributed by atoms with E-state index >= 15 is 0 Å². The Bertz CT molecular complexity index is 525. The largest absolute Gasteiger partial charge is 0.398 e. The Balaban J connectivity index is 2.04. The van der Waals surface area contributed by atoms with Crippen LogP contribution in [0.5, 0.6) is 0 Å².